The van der Waals surface area contributed by atoms with Crippen LogP contribution in [0.5, 0.6) is 0 Å². The van der Waals surface area contributed by atoms with Crippen LogP contribution in [0.4, 0.5) is 10.3 Å². The average molecular weight is 324 g/mol. The monoisotopic (exact) mass is 324 g/mol. The van der Waals surface area contributed by atoms with Gasteiger partial charge in [0.15, 0.2) is 10.3 Å². The van der Waals surface area contributed by atoms with Gasteiger partial charge in [0.1, 0.15) is 0 Å². The molecule has 3 heterocycles. The van der Waals surface area contributed by atoms with Gasteiger partial charge in [0.2, 0.25) is 0 Å². The van der Waals surface area contributed by atoms with E-state index in [1.54, 1.807) is 28.9 Å². The lowest BCUT2D eigenvalue weighted by Crippen LogP contribution is -1.88. The molecule has 1 N–H and O–H groups in total. The molecule has 4 nitrogen and oxygen atoms in total. The molecule has 0 amide bonds. The highest BCUT2D eigenvalue weighted by molar-refractivity contribution is 7.22. The van der Waals surface area contributed by atoms with Crippen molar-refractivity contribution in [2.75, 3.05) is 5.32 Å². The molecule has 3 aromatic heterocycles. The molecule has 1 aromatic carbocycles. The smallest absolute Gasteiger partial charge is 0.190 e. The molecule has 0 radical (unpaired) electrons. The second kappa shape index (κ2) is 5.47. The summed E-state index contributed by atoms with van der Waals surface area (Å²) < 4.78 is 1.19. The van der Waals surface area contributed by atoms with Gasteiger partial charge in [-0.2, -0.15) is 0 Å². The summed E-state index contributed by atoms with van der Waals surface area (Å²) in [6.07, 6.45) is 3.58. The Kier molecular flexibility index (Phi) is 3.32. The van der Waals surface area contributed by atoms with Gasteiger partial charge in [0.05, 0.1) is 15.9 Å². The third-order valence-corrected chi connectivity index (χ3v) is 4.99. The Labute approximate surface area is 135 Å². The number of para-hydroxylation sites is 1. The highest BCUT2D eigenvalue weighted by Gasteiger charge is 2.09. The zero-order valence-corrected chi connectivity index (χ0v) is 13.4. The predicted molar refractivity (Wildman–Crippen MR) is 93.0 cm³/mol. The van der Waals surface area contributed by atoms with Crippen LogP contribution in [-0.4, -0.2) is 15.0 Å². The zero-order chi connectivity index (χ0) is 14.9. The summed E-state index contributed by atoms with van der Waals surface area (Å²) in [7, 11) is 0. The summed E-state index contributed by atoms with van der Waals surface area (Å²) in [5, 5.41) is 7.05. The fourth-order valence-corrected chi connectivity index (χ4v) is 3.94. The van der Waals surface area contributed by atoms with E-state index >= 15 is 0 Å². The molecule has 0 aliphatic rings. The maximum Gasteiger partial charge on any atom is 0.190 e. The predicted octanol–water partition coefficient (Wildman–Crippen LogP) is 4.87. The van der Waals surface area contributed by atoms with E-state index in [0.29, 0.717) is 0 Å². The molecule has 0 aliphatic carbocycles. The first-order chi connectivity index (χ1) is 10.8. The van der Waals surface area contributed by atoms with Crippen molar-refractivity contribution in [3.05, 3.63) is 53.7 Å². The molecule has 4 aromatic rings. The lowest BCUT2D eigenvalue weighted by Gasteiger charge is -1.96. The summed E-state index contributed by atoms with van der Waals surface area (Å²) >= 11 is 3.21. The highest BCUT2D eigenvalue weighted by atomic mass is 32.1. The Bertz CT molecular complexity index is 928. The summed E-state index contributed by atoms with van der Waals surface area (Å²) in [5.74, 6) is 0. The number of rotatable bonds is 3. The highest BCUT2D eigenvalue weighted by Crippen LogP contribution is 2.32. The number of aryl methyl sites for hydroxylation is 1. The minimum atomic E-state index is 0.843. The lowest BCUT2D eigenvalue weighted by atomic mass is 10.2. The number of nitrogens with zero attached hydrogens (tertiary/aromatic N) is 3. The second-order valence-corrected chi connectivity index (χ2v) is 6.73. The van der Waals surface area contributed by atoms with Crippen molar-refractivity contribution in [2.45, 2.75) is 6.92 Å². The third kappa shape index (κ3) is 2.47. The standard InChI is InChI=1S/C16H12N4S2/c1-10-4-2-6-13-14(10)19-16(22-13)20-15-18-12(9-21-15)11-5-3-7-17-8-11/h2-9H,1H3,(H,18,19,20). The van der Waals surface area contributed by atoms with Crippen molar-refractivity contribution in [3.8, 4) is 11.3 Å². The molecule has 0 aliphatic heterocycles. The maximum absolute atomic E-state index is 4.65. The minimum absolute atomic E-state index is 0.843. The molecule has 0 saturated heterocycles. The fraction of sp³-hybridized carbons (Fsp3) is 0.0625. The molecular formula is C16H12N4S2. The second-order valence-electron chi connectivity index (χ2n) is 4.85. The molecule has 108 valence electrons. The van der Waals surface area contributed by atoms with Crippen LogP contribution >= 0.6 is 22.7 Å². The molecule has 0 bridgehead atoms. The largest absolute Gasteiger partial charge is 0.307 e. The Morgan fingerprint density at radius 3 is 2.82 bits per heavy atom. The van der Waals surface area contributed by atoms with E-state index < -0.39 is 0 Å². The van der Waals surface area contributed by atoms with E-state index in [2.05, 4.69) is 45.4 Å². The van der Waals surface area contributed by atoms with E-state index in [0.717, 1.165) is 27.0 Å². The molecular weight excluding hydrogens is 312 g/mol. The topological polar surface area (TPSA) is 50.7 Å². The van der Waals surface area contributed by atoms with Crippen LogP contribution in [0.2, 0.25) is 0 Å². The summed E-state index contributed by atoms with van der Waals surface area (Å²) in [6.45, 7) is 2.08. The van der Waals surface area contributed by atoms with Crippen LogP contribution in [0.1, 0.15) is 5.56 Å². The van der Waals surface area contributed by atoms with Crippen LogP contribution in [0.25, 0.3) is 21.5 Å². The zero-order valence-electron chi connectivity index (χ0n) is 11.8. The summed E-state index contributed by atoms with van der Waals surface area (Å²) in [5.41, 5.74) is 4.20. The first kappa shape index (κ1) is 13.4. The van der Waals surface area contributed by atoms with Gasteiger partial charge in [-0.25, -0.2) is 9.97 Å². The Morgan fingerprint density at radius 2 is 2.00 bits per heavy atom. The maximum atomic E-state index is 4.65. The van der Waals surface area contributed by atoms with Gasteiger partial charge in [-0.3, -0.25) is 4.98 Å². The van der Waals surface area contributed by atoms with Crippen LogP contribution in [0.15, 0.2) is 48.1 Å². The Hall–Kier alpha value is -2.31. The first-order valence-electron chi connectivity index (χ1n) is 6.79. The Balaban J connectivity index is 1.63. The molecule has 0 spiro atoms. The number of anilines is 2. The molecule has 22 heavy (non-hydrogen) atoms. The molecule has 0 unspecified atom stereocenters. The lowest BCUT2D eigenvalue weighted by molar-refractivity contribution is 1.30. The molecule has 0 atom stereocenters. The number of pyridine rings is 1. The van der Waals surface area contributed by atoms with Crippen molar-refractivity contribution in [2.24, 2.45) is 0 Å². The van der Waals surface area contributed by atoms with Crippen molar-refractivity contribution in [1.82, 2.24) is 15.0 Å². The first-order valence-corrected chi connectivity index (χ1v) is 8.48. The van der Waals surface area contributed by atoms with Gasteiger partial charge in [-0.05, 0) is 30.7 Å². The summed E-state index contributed by atoms with van der Waals surface area (Å²) in [6, 6.07) is 10.2. The number of nitrogens with one attached hydrogen (secondary N) is 1. The van der Waals surface area contributed by atoms with Crippen LogP contribution in [0.3, 0.4) is 0 Å². The van der Waals surface area contributed by atoms with Gasteiger partial charge in [-0.1, -0.05) is 23.5 Å². The summed E-state index contributed by atoms with van der Waals surface area (Å²) in [4.78, 5) is 13.4. The molecule has 4 rings (SSSR count). The SMILES string of the molecule is Cc1cccc2sc(Nc3nc(-c4cccnc4)cs3)nc12. The molecule has 0 saturated carbocycles. The number of aromatic nitrogens is 3. The minimum Gasteiger partial charge on any atom is -0.307 e. The third-order valence-electron chi connectivity index (χ3n) is 3.30. The van der Waals surface area contributed by atoms with Gasteiger partial charge < -0.3 is 5.32 Å². The number of hydrogen-bond donors (Lipinski definition) is 1. The Morgan fingerprint density at radius 1 is 1.05 bits per heavy atom. The average Bonchev–Trinajstić information content (AvgIpc) is 3.16. The number of benzene rings is 1. The fourth-order valence-electron chi connectivity index (χ4n) is 2.21. The van der Waals surface area contributed by atoms with Crippen LogP contribution < -0.4 is 5.32 Å². The van der Waals surface area contributed by atoms with E-state index in [1.807, 2.05) is 23.7 Å². The normalized spacial score (nSPS) is 11.0. The van der Waals surface area contributed by atoms with Gasteiger partial charge in [0.25, 0.3) is 0 Å². The quantitative estimate of drug-likeness (QED) is 0.584. The molecule has 6 heteroatoms. The van der Waals surface area contributed by atoms with Crippen molar-refractivity contribution < 1.29 is 0 Å². The van der Waals surface area contributed by atoms with Crippen LogP contribution in [-0.2, 0) is 0 Å². The van der Waals surface area contributed by atoms with Gasteiger partial charge in [0, 0.05) is 23.3 Å². The van der Waals surface area contributed by atoms with E-state index in [-0.39, 0.29) is 0 Å². The van der Waals surface area contributed by atoms with Gasteiger partial charge in [-0.15, -0.1) is 11.3 Å². The molecule has 0 fully saturated rings. The van der Waals surface area contributed by atoms with Crippen molar-refractivity contribution in [3.63, 3.8) is 0 Å². The van der Waals surface area contributed by atoms with E-state index in [9.17, 15) is 0 Å². The van der Waals surface area contributed by atoms with E-state index in [4.69, 9.17) is 0 Å². The van der Waals surface area contributed by atoms with Gasteiger partial charge >= 0.3 is 0 Å². The number of fused-ring (bicyclic) bond motifs is 1. The van der Waals surface area contributed by atoms with E-state index in [1.165, 1.54) is 10.3 Å². The van der Waals surface area contributed by atoms with Crippen molar-refractivity contribution in [1.29, 1.82) is 0 Å². The van der Waals surface area contributed by atoms with Crippen LogP contribution in [0, 0.1) is 6.92 Å². The number of thiazole rings is 2. The number of hydrogen-bond acceptors (Lipinski definition) is 6. The van der Waals surface area contributed by atoms with Crippen molar-refractivity contribution >= 4 is 43.2 Å².